The summed E-state index contributed by atoms with van der Waals surface area (Å²) in [5.74, 6) is 0. The maximum atomic E-state index is 11.3. The van der Waals surface area contributed by atoms with Gasteiger partial charge in [0.25, 0.3) is 5.56 Å². The number of hydrogen-bond acceptors (Lipinski definition) is 3. The number of aromatic amines is 1. The van der Waals surface area contributed by atoms with Crippen LogP contribution < -0.4 is 11.3 Å². The lowest BCUT2D eigenvalue weighted by Crippen LogP contribution is -2.14. The first-order valence-corrected chi connectivity index (χ1v) is 5.16. The van der Waals surface area contributed by atoms with Crippen LogP contribution in [0.3, 0.4) is 0 Å². The van der Waals surface area contributed by atoms with Crippen molar-refractivity contribution < 1.29 is 0 Å². The van der Waals surface area contributed by atoms with Crippen LogP contribution in [0.25, 0.3) is 0 Å². The molecule has 1 aromatic heterocycles. The molecule has 4 nitrogen and oxygen atoms in total. The highest BCUT2D eigenvalue weighted by Gasteiger charge is 2.09. The Morgan fingerprint density at radius 2 is 2.00 bits per heavy atom. The van der Waals surface area contributed by atoms with Gasteiger partial charge in [0, 0.05) is 12.6 Å². The second-order valence-corrected chi connectivity index (χ2v) is 3.71. The van der Waals surface area contributed by atoms with Crippen molar-refractivity contribution in [2.45, 2.75) is 6.42 Å². The van der Waals surface area contributed by atoms with Gasteiger partial charge in [0.15, 0.2) is 0 Å². The molecular formula is C13H11N3O. The highest BCUT2D eigenvalue weighted by Crippen LogP contribution is 2.16. The van der Waals surface area contributed by atoms with E-state index in [1.165, 1.54) is 0 Å². The van der Waals surface area contributed by atoms with E-state index >= 15 is 0 Å². The summed E-state index contributed by atoms with van der Waals surface area (Å²) in [4.78, 5) is 13.8. The topological polar surface area (TPSA) is 82.7 Å². The van der Waals surface area contributed by atoms with Crippen LogP contribution in [0.5, 0.6) is 0 Å². The maximum absolute atomic E-state index is 11.3. The predicted octanol–water partition coefficient (Wildman–Crippen LogP) is 1.42. The molecule has 1 aromatic carbocycles. The SMILES string of the molecule is N#Cc1c(N)c(Cc2ccccc2)c[nH]c1=O. The van der Waals surface area contributed by atoms with Crippen LogP contribution in [-0.2, 0) is 6.42 Å². The van der Waals surface area contributed by atoms with E-state index in [9.17, 15) is 4.79 Å². The number of pyridine rings is 1. The Hall–Kier alpha value is -2.54. The van der Waals surface area contributed by atoms with E-state index in [1.807, 2.05) is 36.4 Å². The number of H-pyrrole nitrogens is 1. The van der Waals surface area contributed by atoms with Crippen molar-refractivity contribution >= 4 is 5.69 Å². The number of benzene rings is 1. The molecule has 0 saturated heterocycles. The molecule has 17 heavy (non-hydrogen) atoms. The summed E-state index contributed by atoms with van der Waals surface area (Å²) in [6.07, 6.45) is 2.16. The van der Waals surface area contributed by atoms with Crippen molar-refractivity contribution in [2.75, 3.05) is 5.73 Å². The Balaban J connectivity index is 2.42. The molecule has 0 aliphatic heterocycles. The van der Waals surface area contributed by atoms with Crippen LogP contribution >= 0.6 is 0 Å². The third-order valence-corrected chi connectivity index (χ3v) is 2.57. The van der Waals surface area contributed by atoms with Crippen LogP contribution in [0.1, 0.15) is 16.7 Å². The molecule has 0 saturated carbocycles. The number of hydrogen-bond donors (Lipinski definition) is 2. The lowest BCUT2D eigenvalue weighted by Gasteiger charge is -2.06. The first-order valence-electron chi connectivity index (χ1n) is 5.16. The molecular weight excluding hydrogens is 214 g/mol. The smallest absolute Gasteiger partial charge is 0.268 e. The molecule has 0 aliphatic rings. The fraction of sp³-hybridized carbons (Fsp3) is 0.0769. The molecule has 2 rings (SSSR count). The van der Waals surface area contributed by atoms with Crippen LogP contribution in [0.15, 0.2) is 41.3 Å². The Labute approximate surface area is 98.3 Å². The van der Waals surface area contributed by atoms with Gasteiger partial charge < -0.3 is 10.7 Å². The second kappa shape index (κ2) is 4.54. The number of anilines is 1. The van der Waals surface area contributed by atoms with Crippen molar-refractivity contribution in [2.24, 2.45) is 0 Å². The zero-order valence-electron chi connectivity index (χ0n) is 9.10. The minimum Gasteiger partial charge on any atom is -0.397 e. The van der Waals surface area contributed by atoms with E-state index < -0.39 is 5.56 Å². The minimum atomic E-state index is -0.443. The Bertz CT molecular complexity index is 623. The Morgan fingerprint density at radius 3 is 2.65 bits per heavy atom. The molecule has 0 aliphatic carbocycles. The number of nitrogens with zero attached hydrogens (tertiary/aromatic N) is 1. The van der Waals surface area contributed by atoms with E-state index in [-0.39, 0.29) is 11.3 Å². The molecule has 0 spiro atoms. The molecule has 0 radical (unpaired) electrons. The normalized spacial score (nSPS) is 9.82. The molecule has 0 bridgehead atoms. The summed E-state index contributed by atoms with van der Waals surface area (Å²) in [6, 6.07) is 11.6. The second-order valence-electron chi connectivity index (χ2n) is 3.71. The number of nitrogens with two attached hydrogens (primary N) is 1. The van der Waals surface area contributed by atoms with Crippen molar-refractivity contribution in [3.8, 4) is 6.07 Å². The quantitative estimate of drug-likeness (QED) is 0.810. The van der Waals surface area contributed by atoms with E-state index in [2.05, 4.69) is 4.98 Å². The summed E-state index contributed by atoms with van der Waals surface area (Å²) in [5.41, 5.74) is 7.44. The summed E-state index contributed by atoms with van der Waals surface area (Å²) in [6.45, 7) is 0. The first-order chi connectivity index (χ1) is 8.22. The molecule has 1 heterocycles. The standard InChI is InChI=1S/C13H11N3O/c14-7-11-12(15)10(8-16-13(11)17)6-9-4-2-1-3-5-9/h1-5,8H,6H2,(H3,15,16,17). The van der Waals surface area contributed by atoms with Crippen molar-refractivity contribution in [1.82, 2.24) is 4.98 Å². The van der Waals surface area contributed by atoms with E-state index in [4.69, 9.17) is 11.0 Å². The molecule has 0 amide bonds. The minimum absolute atomic E-state index is 0.0153. The van der Waals surface area contributed by atoms with Gasteiger partial charge in [-0.3, -0.25) is 4.79 Å². The van der Waals surface area contributed by atoms with Gasteiger partial charge in [-0.1, -0.05) is 30.3 Å². The number of aromatic nitrogens is 1. The van der Waals surface area contributed by atoms with Gasteiger partial charge in [-0.15, -0.1) is 0 Å². The molecule has 0 fully saturated rings. The monoisotopic (exact) mass is 225 g/mol. The average Bonchev–Trinajstić information content (AvgIpc) is 2.35. The number of rotatable bonds is 2. The van der Waals surface area contributed by atoms with Crippen molar-refractivity contribution in [3.05, 3.63) is 63.6 Å². The molecule has 0 unspecified atom stereocenters. The van der Waals surface area contributed by atoms with E-state index in [1.54, 1.807) is 6.20 Å². The van der Waals surface area contributed by atoms with Gasteiger partial charge >= 0.3 is 0 Å². The lowest BCUT2D eigenvalue weighted by molar-refractivity contribution is 1.11. The number of nitrogen functional groups attached to an aromatic ring is 1. The summed E-state index contributed by atoms with van der Waals surface area (Å²) >= 11 is 0. The lowest BCUT2D eigenvalue weighted by atomic mass is 10.0. The van der Waals surface area contributed by atoms with E-state index in [0.29, 0.717) is 6.42 Å². The van der Waals surface area contributed by atoms with Crippen molar-refractivity contribution in [1.29, 1.82) is 5.26 Å². The zero-order chi connectivity index (χ0) is 12.3. The molecule has 4 heteroatoms. The fourth-order valence-corrected chi connectivity index (χ4v) is 1.66. The highest BCUT2D eigenvalue weighted by molar-refractivity contribution is 5.58. The summed E-state index contributed by atoms with van der Waals surface area (Å²) < 4.78 is 0. The van der Waals surface area contributed by atoms with Gasteiger partial charge in [0.05, 0.1) is 5.69 Å². The molecule has 2 aromatic rings. The van der Waals surface area contributed by atoms with Crippen LogP contribution in [-0.4, -0.2) is 4.98 Å². The van der Waals surface area contributed by atoms with Crippen LogP contribution in [0, 0.1) is 11.3 Å². The van der Waals surface area contributed by atoms with Crippen molar-refractivity contribution in [3.63, 3.8) is 0 Å². The predicted molar refractivity (Wildman–Crippen MR) is 65.4 cm³/mol. The van der Waals surface area contributed by atoms with Gasteiger partial charge in [-0.25, -0.2) is 0 Å². The van der Waals surface area contributed by atoms with Gasteiger partial charge in [-0.2, -0.15) is 5.26 Å². The molecule has 84 valence electrons. The third-order valence-electron chi connectivity index (χ3n) is 2.57. The largest absolute Gasteiger partial charge is 0.397 e. The fourth-order valence-electron chi connectivity index (χ4n) is 1.66. The number of nitriles is 1. The number of nitrogens with one attached hydrogen (secondary N) is 1. The van der Waals surface area contributed by atoms with E-state index in [0.717, 1.165) is 11.1 Å². The van der Waals surface area contributed by atoms with Gasteiger partial charge in [0.1, 0.15) is 11.6 Å². The van der Waals surface area contributed by atoms with Gasteiger partial charge in [-0.05, 0) is 11.1 Å². The Morgan fingerprint density at radius 1 is 1.29 bits per heavy atom. The zero-order valence-corrected chi connectivity index (χ0v) is 9.10. The highest BCUT2D eigenvalue weighted by atomic mass is 16.1. The summed E-state index contributed by atoms with van der Waals surface area (Å²) in [7, 11) is 0. The third kappa shape index (κ3) is 2.18. The molecule has 3 N–H and O–H groups in total. The average molecular weight is 225 g/mol. The molecule has 0 atom stereocenters. The van der Waals surface area contributed by atoms with Crippen LogP contribution in [0.2, 0.25) is 0 Å². The maximum Gasteiger partial charge on any atom is 0.268 e. The summed E-state index contributed by atoms with van der Waals surface area (Å²) in [5, 5.41) is 8.84. The van der Waals surface area contributed by atoms with Gasteiger partial charge in [0.2, 0.25) is 0 Å². The first kappa shape index (κ1) is 11.0. The van der Waals surface area contributed by atoms with Crippen LogP contribution in [0.4, 0.5) is 5.69 Å². The Kier molecular flexibility index (Phi) is 2.93.